The maximum atomic E-state index is 8.51. The average Bonchev–Trinajstić information content (AvgIpc) is 2.10. The highest BCUT2D eigenvalue weighted by Gasteiger charge is 1.90. The lowest BCUT2D eigenvalue weighted by molar-refractivity contribution is 0.282. The number of hydrogen-bond acceptors (Lipinski definition) is 1. The molecule has 12 heavy (non-hydrogen) atoms. The Balaban J connectivity index is 2.73. The second-order valence-electron chi connectivity index (χ2n) is 3.28. The molecular formula is C10H21NO. The van der Waals surface area contributed by atoms with Crippen molar-refractivity contribution in [3.8, 4) is 0 Å². The summed E-state index contributed by atoms with van der Waals surface area (Å²) in [4.78, 5) is 0. The number of rotatable bonds is 9. The van der Waals surface area contributed by atoms with E-state index in [1.807, 2.05) is 0 Å². The van der Waals surface area contributed by atoms with E-state index in [1.165, 1.54) is 25.7 Å². The Labute approximate surface area is 76.2 Å². The van der Waals surface area contributed by atoms with Gasteiger partial charge in [0.1, 0.15) is 0 Å². The lowest BCUT2D eigenvalue weighted by Gasteiger charge is -1.99. The highest BCUT2D eigenvalue weighted by Crippen LogP contribution is 2.07. The fraction of sp³-hybridized carbons (Fsp3) is 1.00. The van der Waals surface area contributed by atoms with Gasteiger partial charge in [-0.05, 0) is 12.8 Å². The molecule has 0 aliphatic heterocycles. The molecule has 0 rings (SSSR count). The Morgan fingerprint density at radius 2 is 1.08 bits per heavy atom. The van der Waals surface area contributed by atoms with E-state index in [-0.39, 0.29) is 0 Å². The van der Waals surface area contributed by atoms with Crippen LogP contribution in [0.5, 0.6) is 0 Å². The van der Waals surface area contributed by atoms with E-state index in [4.69, 9.17) is 10.8 Å². The van der Waals surface area contributed by atoms with Crippen LogP contribution < -0.4 is 5.73 Å². The summed E-state index contributed by atoms with van der Waals surface area (Å²) in [6, 6.07) is 0. The summed E-state index contributed by atoms with van der Waals surface area (Å²) in [5.74, 6) is 0. The van der Waals surface area contributed by atoms with E-state index in [0.717, 1.165) is 25.7 Å². The second-order valence-corrected chi connectivity index (χ2v) is 3.28. The minimum Gasteiger partial charge on any atom is -0.396 e. The number of nitrogens with zero attached hydrogens (tertiary/aromatic N) is 1. The quantitative estimate of drug-likeness (QED) is 0.531. The molecule has 0 aromatic carbocycles. The first-order chi connectivity index (χ1) is 5.91. The summed E-state index contributed by atoms with van der Waals surface area (Å²) in [7, 11) is 0. The third-order valence-corrected chi connectivity index (χ3v) is 2.07. The minimum atomic E-state index is 0.338. The van der Waals surface area contributed by atoms with Crippen molar-refractivity contribution in [1.29, 1.82) is 0 Å². The number of unbranched alkanes of at least 4 members (excludes halogenated alkanes) is 7. The van der Waals surface area contributed by atoms with Crippen LogP contribution in [-0.2, 0) is 0 Å². The third-order valence-electron chi connectivity index (χ3n) is 2.07. The van der Waals surface area contributed by atoms with Gasteiger partial charge in [0, 0.05) is 13.2 Å². The molecule has 0 spiro atoms. The monoisotopic (exact) mass is 171 g/mol. The molecule has 72 valence electrons. The van der Waals surface area contributed by atoms with Crippen LogP contribution in [0.1, 0.15) is 51.4 Å². The average molecular weight is 171 g/mol. The molecule has 1 N–H and O–H groups in total. The van der Waals surface area contributed by atoms with Crippen molar-refractivity contribution < 1.29 is 5.11 Å². The van der Waals surface area contributed by atoms with Crippen molar-refractivity contribution >= 4 is 0 Å². The molecule has 0 unspecified atom stereocenters. The maximum Gasteiger partial charge on any atom is 0.0431 e. The summed E-state index contributed by atoms with van der Waals surface area (Å²) >= 11 is 0. The molecular weight excluding hydrogens is 150 g/mol. The van der Waals surface area contributed by atoms with Crippen LogP contribution in [0.15, 0.2) is 0 Å². The summed E-state index contributed by atoms with van der Waals surface area (Å²) in [5.41, 5.74) is 8.51. The van der Waals surface area contributed by atoms with Gasteiger partial charge in [-0.1, -0.05) is 38.5 Å². The number of aliphatic hydroxyl groups is 1. The van der Waals surface area contributed by atoms with Gasteiger partial charge in [-0.2, -0.15) is 0 Å². The van der Waals surface area contributed by atoms with E-state index >= 15 is 0 Å². The summed E-state index contributed by atoms with van der Waals surface area (Å²) in [6.07, 6.45) is 9.30. The molecule has 0 amide bonds. The molecule has 0 atom stereocenters. The predicted molar refractivity (Wildman–Crippen MR) is 51.0 cm³/mol. The van der Waals surface area contributed by atoms with Gasteiger partial charge in [-0.25, -0.2) is 0 Å². The fourth-order valence-electron chi connectivity index (χ4n) is 1.28. The van der Waals surface area contributed by atoms with Crippen molar-refractivity contribution in [3.63, 3.8) is 0 Å². The van der Waals surface area contributed by atoms with E-state index in [0.29, 0.717) is 13.2 Å². The Morgan fingerprint density at radius 3 is 1.50 bits per heavy atom. The van der Waals surface area contributed by atoms with Crippen molar-refractivity contribution in [2.24, 2.45) is 0 Å². The van der Waals surface area contributed by atoms with Crippen molar-refractivity contribution in [2.75, 3.05) is 13.2 Å². The van der Waals surface area contributed by atoms with Crippen LogP contribution >= 0.6 is 0 Å². The zero-order valence-corrected chi connectivity index (χ0v) is 7.97. The molecule has 0 saturated carbocycles. The van der Waals surface area contributed by atoms with Crippen LogP contribution in [0.25, 0.3) is 0 Å². The van der Waals surface area contributed by atoms with E-state index < -0.39 is 0 Å². The molecule has 2 heteroatoms. The first-order valence-electron chi connectivity index (χ1n) is 5.13. The van der Waals surface area contributed by atoms with Crippen molar-refractivity contribution in [3.05, 3.63) is 0 Å². The largest absolute Gasteiger partial charge is 0.396 e. The summed E-state index contributed by atoms with van der Waals surface area (Å²) in [5, 5.41) is 8.51. The minimum absolute atomic E-state index is 0.338. The molecule has 0 heterocycles. The van der Waals surface area contributed by atoms with E-state index in [9.17, 15) is 0 Å². The zero-order valence-electron chi connectivity index (χ0n) is 7.97. The molecule has 0 aliphatic carbocycles. The van der Waals surface area contributed by atoms with Gasteiger partial charge >= 0.3 is 0 Å². The predicted octanol–water partition coefficient (Wildman–Crippen LogP) is 2.17. The normalized spacial score (nSPS) is 10.5. The molecule has 2 radical (unpaired) electrons. The topological polar surface area (TPSA) is 42.5 Å². The molecule has 0 aromatic heterocycles. The maximum absolute atomic E-state index is 8.51. The summed E-state index contributed by atoms with van der Waals surface area (Å²) in [6.45, 7) is 0.676. The Morgan fingerprint density at radius 1 is 0.667 bits per heavy atom. The smallest absolute Gasteiger partial charge is 0.0431 e. The molecule has 0 aromatic rings. The van der Waals surface area contributed by atoms with Gasteiger partial charge < -0.3 is 5.11 Å². The highest BCUT2D eigenvalue weighted by atomic mass is 16.2. The Kier molecular flexibility index (Phi) is 10.8. The van der Waals surface area contributed by atoms with Gasteiger partial charge in [0.2, 0.25) is 0 Å². The van der Waals surface area contributed by atoms with Gasteiger partial charge in [0.15, 0.2) is 0 Å². The van der Waals surface area contributed by atoms with Crippen molar-refractivity contribution in [2.45, 2.75) is 51.4 Å². The zero-order chi connectivity index (χ0) is 9.07. The first kappa shape index (κ1) is 11.9. The number of hydrogen-bond donors (Lipinski definition) is 1. The Hall–Kier alpha value is -0.0800. The molecule has 0 aliphatic rings. The van der Waals surface area contributed by atoms with Gasteiger partial charge in [-0.3, -0.25) is 0 Å². The Bertz CT molecular complexity index is 66.2. The molecule has 2 nitrogen and oxygen atoms in total. The lowest BCUT2D eigenvalue weighted by Crippen LogP contribution is -1.86. The van der Waals surface area contributed by atoms with Crippen molar-refractivity contribution in [1.82, 2.24) is 5.73 Å². The highest BCUT2D eigenvalue weighted by molar-refractivity contribution is 4.46. The summed E-state index contributed by atoms with van der Waals surface area (Å²) < 4.78 is 0. The molecule has 0 saturated heterocycles. The molecule has 0 bridgehead atoms. The van der Waals surface area contributed by atoms with Gasteiger partial charge in [0.25, 0.3) is 0 Å². The van der Waals surface area contributed by atoms with E-state index in [2.05, 4.69) is 0 Å². The van der Waals surface area contributed by atoms with Crippen LogP contribution in [0.3, 0.4) is 0 Å². The standard InChI is InChI=1S/C10H21NO/c11-9-7-5-3-1-2-4-6-8-10-12/h12H,1-10H2. The second kappa shape index (κ2) is 10.9. The van der Waals surface area contributed by atoms with Crippen LogP contribution in [0.2, 0.25) is 0 Å². The van der Waals surface area contributed by atoms with Crippen LogP contribution in [0, 0.1) is 0 Å². The van der Waals surface area contributed by atoms with Gasteiger partial charge in [0.05, 0.1) is 0 Å². The number of aliphatic hydroxyl groups excluding tert-OH is 1. The first-order valence-corrected chi connectivity index (χ1v) is 5.13. The SMILES string of the molecule is [N]CCCCCCCCCCO. The third kappa shape index (κ3) is 9.92. The van der Waals surface area contributed by atoms with Gasteiger partial charge in [-0.15, -0.1) is 5.73 Å². The van der Waals surface area contributed by atoms with E-state index in [1.54, 1.807) is 0 Å². The lowest BCUT2D eigenvalue weighted by atomic mass is 10.1. The van der Waals surface area contributed by atoms with Crippen LogP contribution in [0.4, 0.5) is 0 Å². The van der Waals surface area contributed by atoms with Crippen LogP contribution in [-0.4, -0.2) is 18.3 Å². The molecule has 0 fully saturated rings. The fourth-order valence-corrected chi connectivity index (χ4v) is 1.28.